The predicted molar refractivity (Wildman–Crippen MR) is 68.7 cm³/mol. The molecule has 0 saturated heterocycles. The molecule has 92 valence electrons. The molecule has 0 fully saturated rings. The van der Waals surface area contributed by atoms with Crippen LogP contribution in [0.4, 0.5) is 5.69 Å². The van der Waals surface area contributed by atoms with Crippen molar-refractivity contribution >= 4 is 11.7 Å². The van der Waals surface area contributed by atoms with E-state index in [-0.39, 0.29) is 12.4 Å². The molecule has 18 heavy (non-hydrogen) atoms. The normalized spacial score (nSPS) is 10.8. The number of anilines is 1. The van der Waals surface area contributed by atoms with Crippen LogP contribution in [0.25, 0.3) is 0 Å². The average molecular weight is 242 g/mol. The summed E-state index contributed by atoms with van der Waals surface area (Å²) in [6, 6.07) is 8.50. The van der Waals surface area contributed by atoms with Crippen LogP contribution < -0.4 is 5.32 Å². The van der Waals surface area contributed by atoms with Gasteiger partial charge in [0, 0.05) is 5.69 Å². The Balaban J connectivity index is 2.66. The largest absolute Gasteiger partial charge is 0.466 e. The van der Waals surface area contributed by atoms with Crippen molar-refractivity contribution in [1.29, 1.82) is 5.26 Å². The molecule has 1 unspecified atom stereocenters. The Hall–Kier alpha value is -2.46. The van der Waals surface area contributed by atoms with E-state index in [9.17, 15) is 4.79 Å². The fourth-order valence-corrected chi connectivity index (χ4v) is 1.42. The molecule has 1 aromatic rings. The van der Waals surface area contributed by atoms with Gasteiger partial charge in [-0.15, -0.1) is 6.42 Å². The second-order valence-corrected chi connectivity index (χ2v) is 3.57. The third kappa shape index (κ3) is 4.19. The highest BCUT2D eigenvalue weighted by molar-refractivity contribution is 5.71. The second kappa shape index (κ2) is 6.98. The molecule has 1 atom stereocenters. The Kier molecular flexibility index (Phi) is 5.28. The lowest BCUT2D eigenvalue weighted by molar-refractivity contribution is -0.143. The highest BCUT2D eigenvalue weighted by Crippen LogP contribution is 2.12. The molecule has 4 nitrogen and oxygen atoms in total. The van der Waals surface area contributed by atoms with Crippen molar-refractivity contribution < 1.29 is 9.53 Å². The standard InChI is InChI=1S/C14H14N2O2/c1-3-12(9-14(17)18-4-2)16-13-7-5-6-11(8-13)10-15/h1,5-8,12,16H,4,9H2,2H3. The molecule has 1 aromatic carbocycles. The second-order valence-electron chi connectivity index (χ2n) is 3.57. The molecule has 0 radical (unpaired) electrons. The molecule has 0 aromatic heterocycles. The van der Waals surface area contributed by atoms with Gasteiger partial charge in [0.25, 0.3) is 0 Å². The Morgan fingerprint density at radius 2 is 2.39 bits per heavy atom. The van der Waals surface area contributed by atoms with Gasteiger partial charge in [-0.05, 0) is 25.1 Å². The van der Waals surface area contributed by atoms with Crippen LogP contribution in [0.5, 0.6) is 0 Å². The lowest BCUT2D eigenvalue weighted by Crippen LogP contribution is -2.22. The summed E-state index contributed by atoms with van der Waals surface area (Å²) in [5, 5.41) is 11.8. The van der Waals surface area contributed by atoms with Crippen molar-refractivity contribution in [3.63, 3.8) is 0 Å². The number of hydrogen-bond donors (Lipinski definition) is 1. The minimum atomic E-state index is -0.446. The summed E-state index contributed by atoms with van der Waals surface area (Å²) >= 11 is 0. The molecule has 4 heteroatoms. The maximum absolute atomic E-state index is 11.3. The number of terminal acetylenes is 1. The van der Waals surface area contributed by atoms with Crippen molar-refractivity contribution in [2.75, 3.05) is 11.9 Å². The predicted octanol–water partition coefficient (Wildman–Crippen LogP) is 1.93. The Bertz CT molecular complexity index is 497. The summed E-state index contributed by atoms with van der Waals surface area (Å²) in [7, 11) is 0. The minimum Gasteiger partial charge on any atom is -0.466 e. The SMILES string of the molecule is C#CC(CC(=O)OCC)Nc1cccc(C#N)c1. The van der Waals surface area contributed by atoms with Gasteiger partial charge in [-0.2, -0.15) is 5.26 Å². The third-order valence-corrected chi connectivity index (χ3v) is 2.21. The molecule has 0 amide bonds. The Labute approximate surface area is 107 Å². The van der Waals surface area contributed by atoms with Crippen molar-refractivity contribution in [3.05, 3.63) is 29.8 Å². The molecule has 0 aliphatic carbocycles. The highest BCUT2D eigenvalue weighted by Gasteiger charge is 2.12. The van der Waals surface area contributed by atoms with E-state index in [1.807, 2.05) is 6.07 Å². The van der Waals surface area contributed by atoms with Gasteiger partial charge < -0.3 is 10.1 Å². The molecule has 0 aliphatic rings. The van der Waals surface area contributed by atoms with Crippen molar-refractivity contribution in [2.24, 2.45) is 0 Å². The molecule has 0 aliphatic heterocycles. The minimum absolute atomic E-state index is 0.0983. The Morgan fingerprint density at radius 1 is 1.61 bits per heavy atom. The van der Waals surface area contributed by atoms with E-state index < -0.39 is 6.04 Å². The van der Waals surface area contributed by atoms with Gasteiger partial charge in [-0.3, -0.25) is 4.79 Å². The van der Waals surface area contributed by atoms with E-state index >= 15 is 0 Å². The van der Waals surface area contributed by atoms with Gasteiger partial charge in [-0.1, -0.05) is 12.0 Å². The summed E-state index contributed by atoms with van der Waals surface area (Å²) in [4.78, 5) is 11.3. The quantitative estimate of drug-likeness (QED) is 0.633. The molecule has 1 N–H and O–H groups in total. The molecular formula is C14H14N2O2. The maximum atomic E-state index is 11.3. The smallest absolute Gasteiger partial charge is 0.308 e. The van der Waals surface area contributed by atoms with Crippen molar-refractivity contribution in [1.82, 2.24) is 0 Å². The molecule has 0 bridgehead atoms. The zero-order valence-corrected chi connectivity index (χ0v) is 10.1. The van der Waals surface area contributed by atoms with Crippen LogP contribution in [0.2, 0.25) is 0 Å². The highest BCUT2D eigenvalue weighted by atomic mass is 16.5. The summed E-state index contributed by atoms with van der Waals surface area (Å²) < 4.78 is 4.83. The summed E-state index contributed by atoms with van der Waals surface area (Å²) in [6.45, 7) is 2.08. The first-order valence-electron chi connectivity index (χ1n) is 5.58. The van der Waals surface area contributed by atoms with E-state index in [2.05, 4.69) is 11.2 Å². The fourth-order valence-electron chi connectivity index (χ4n) is 1.42. The average Bonchev–Trinajstić information content (AvgIpc) is 2.38. The number of nitrogens with one attached hydrogen (secondary N) is 1. The van der Waals surface area contributed by atoms with Crippen LogP contribution in [0.1, 0.15) is 18.9 Å². The van der Waals surface area contributed by atoms with Gasteiger partial charge in [0.1, 0.15) is 0 Å². The number of nitriles is 1. The number of nitrogens with zero attached hydrogens (tertiary/aromatic N) is 1. The summed E-state index contributed by atoms with van der Waals surface area (Å²) in [6.07, 6.45) is 5.45. The fraction of sp³-hybridized carbons (Fsp3) is 0.286. The van der Waals surface area contributed by atoms with Crippen LogP contribution in [-0.4, -0.2) is 18.6 Å². The lowest BCUT2D eigenvalue weighted by atomic mass is 10.1. The molecule has 0 saturated carbocycles. The van der Waals surface area contributed by atoms with Gasteiger partial charge in [-0.25, -0.2) is 0 Å². The number of hydrogen-bond acceptors (Lipinski definition) is 4. The van der Waals surface area contributed by atoms with Crippen LogP contribution in [0, 0.1) is 23.7 Å². The first kappa shape index (κ1) is 13.6. The first-order chi connectivity index (χ1) is 8.69. The number of carbonyl (C=O) groups is 1. The summed E-state index contributed by atoms with van der Waals surface area (Å²) in [5.41, 5.74) is 1.24. The lowest BCUT2D eigenvalue weighted by Gasteiger charge is -2.13. The zero-order chi connectivity index (χ0) is 13.4. The van der Waals surface area contributed by atoms with Crippen molar-refractivity contribution in [2.45, 2.75) is 19.4 Å². The van der Waals surface area contributed by atoms with E-state index in [0.29, 0.717) is 17.9 Å². The van der Waals surface area contributed by atoms with Crippen LogP contribution >= 0.6 is 0 Å². The van der Waals surface area contributed by atoms with Gasteiger partial charge in [0.15, 0.2) is 0 Å². The van der Waals surface area contributed by atoms with Gasteiger partial charge >= 0.3 is 5.97 Å². The van der Waals surface area contributed by atoms with Gasteiger partial charge in [0.05, 0.1) is 30.7 Å². The maximum Gasteiger partial charge on any atom is 0.308 e. The molecule has 0 heterocycles. The first-order valence-corrected chi connectivity index (χ1v) is 5.58. The molecule has 1 rings (SSSR count). The topological polar surface area (TPSA) is 62.1 Å². The van der Waals surface area contributed by atoms with Crippen LogP contribution in [-0.2, 0) is 9.53 Å². The molecular weight excluding hydrogens is 228 g/mol. The number of ether oxygens (including phenoxy) is 1. The van der Waals surface area contributed by atoms with Gasteiger partial charge in [0.2, 0.25) is 0 Å². The number of benzene rings is 1. The van der Waals surface area contributed by atoms with Crippen molar-refractivity contribution in [3.8, 4) is 18.4 Å². The van der Waals surface area contributed by atoms with Crippen LogP contribution in [0.3, 0.4) is 0 Å². The number of carbonyl (C=O) groups excluding carboxylic acids is 1. The van der Waals surface area contributed by atoms with E-state index in [1.165, 1.54) is 0 Å². The zero-order valence-electron chi connectivity index (χ0n) is 10.1. The number of rotatable bonds is 5. The Morgan fingerprint density at radius 3 is 3.00 bits per heavy atom. The number of esters is 1. The van der Waals surface area contributed by atoms with E-state index in [1.54, 1.807) is 31.2 Å². The van der Waals surface area contributed by atoms with Crippen LogP contribution in [0.15, 0.2) is 24.3 Å². The third-order valence-electron chi connectivity index (χ3n) is 2.21. The monoisotopic (exact) mass is 242 g/mol. The van der Waals surface area contributed by atoms with E-state index in [0.717, 1.165) is 0 Å². The summed E-state index contributed by atoms with van der Waals surface area (Å²) in [5.74, 6) is 2.14. The van der Waals surface area contributed by atoms with E-state index in [4.69, 9.17) is 16.4 Å². The molecule has 0 spiro atoms.